The van der Waals surface area contributed by atoms with Crippen molar-refractivity contribution in [2.24, 2.45) is 17.3 Å². The highest BCUT2D eigenvalue weighted by Crippen LogP contribution is 2.59. The van der Waals surface area contributed by atoms with Crippen molar-refractivity contribution in [3.05, 3.63) is 10.6 Å². The average molecular weight is 473 g/mol. The van der Waals surface area contributed by atoms with Gasteiger partial charge in [0.2, 0.25) is 9.70 Å². The van der Waals surface area contributed by atoms with Crippen molar-refractivity contribution in [1.29, 1.82) is 0 Å². The molecule has 2 rings (SSSR count). The van der Waals surface area contributed by atoms with E-state index in [4.69, 9.17) is 58.0 Å². The normalized spacial score (nSPS) is 31.2. The highest BCUT2D eigenvalue weighted by atomic mass is 35.6. The van der Waals surface area contributed by atoms with E-state index in [2.05, 4.69) is 10.6 Å². The summed E-state index contributed by atoms with van der Waals surface area (Å²) in [5, 5.41) is 5.61. The standard InChI is InChI=1S/C14H19Cl5N2O3S/c1-13(2)8(5-9(15)16)10(13)11(22)21-12(14(17,18)19)20-7-3-4-25(23,24)6-7/h5,7-8,10,12,20H,3-4,6H2,1-2H3,(H,21,22)/t7-,8-,10-,12+/m1/s1. The number of sulfone groups is 1. The van der Waals surface area contributed by atoms with Crippen LogP contribution in [0.25, 0.3) is 0 Å². The second-order valence-electron chi connectivity index (χ2n) is 7.03. The Morgan fingerprint density at radius 2 is 1.88 bits per heavy atom. The molecule has 0 spiro atoms. The van der Waals surface area contributed by atoms with Gasteiger partial charge in [0, 0.05) is 6.04 Å². The number of nitrogens with one attached hydrogen (secondary N) is 2. The Hall–Kier alpha value is 0.570. The third-order valence-corrected chi connectivity index (χ3v) is 7.42. The number of halogens is 5. The molecule has 1 aliphatic carbocycles. The van der Waals surface area contributed by atoms with Crippen molar-refractivity contribution in [2.45, 2.75) is 36.3 Å². The van der Waals surface area contributed by atoms with Gasteiger partial charge in [-0.15, -0.1) is 0 Å². The van der Waals surface area contributed by atoms with Crippen molar-refractivity contribution >= 4 is 73.7 Å². The molecule has 25 heavy (non-hydrogen) atoms. The number of alkyl halides is 3. The summed E-state index contributed by atoms with van der Waals surface area (Å²) in [7, 11) is -3.10. The molecule has 0 bridgehead atoms. The van der Waals surface area contributed by atoms with Gasteiger partial charge >= 0.3 is 0 Å². The zero-order valence-electron chi connectivity index (χ0n) is 13.5. The highest BCUT2D eigenvalue weighted by molar-refractivity contribution is 7.91. The quantitative estimate of drug-likeness (QED) is 0.476. The van der Waals surface area contributed by atoms with Crippen molar-refractivity contribution in [1.82, 2.24) is 10.6 Å². The van der Waals surface area contributed by atoms with Crippen LogP contribution in [0.3, 0.4) is 0 Å². The highest BCUT2D eigenvalue weighted by Gasteiger charge is 2.61. The zero-order valence-corrected chi connectivity index (χ0v) is 18.1. The van der Waals surface area contributed by atoms with Crippen LogP contribution < -0.4 is 10.6 Å². The number of hydrogen-bond donors (Lipinski definition) is 2. The summed E-state index contributed by atoms with van der Waals surface area (Å²) in [4.78, 5) is 12.6. The predicted octanol–water partition coefficient (Wildman–Crippen LogP) is 3.17. The van der Waals surface area contributed by atoms with Crippen LogP contribution in [0, 0.1) is 17.3 Å². The SMILES string of the molecule is CC1(C)[C@H](C=C(Cl)Cl)[C@@H]1C(=O)N[C@H](N[C@@H]1CCS(=O)(=O)C1)C(Cl)(Cl)Cl. The van der Waals surface area contributed by atoms with Gasteiger partial charge in [0.25, 0.3) is 0 Å². The first-order valence-electron chi connectivity index (χ1n) is 7.60. The first kappa shape index (κ1) is 21.9. The summed E-state index contributed by atoms with van der Waals surface area (Å²) in [5.74, 6) is -0.792. The Labute approximate surface area is 172 Å². The molecule has 2 fully saturated rings. The molecule has 0 aromatic carbocycles. The fraction of sp³-hybridized carbons (Fsp3) is 0.786. The van der Waals surface area contributed by atoms with Crippen molar-refractivity contribution < 1.29 is 13.2 Å². The van der Waals surface area contributed by atoms with Gasteiger partial charge in [-0.1, -0.05) is 71.9 Å². The lowest BCUT2D eigenvalue weighted by Crippen LogP contribution is -2.57. The van der Waals surface area contributed by atoms with E-state index in [1.807, 2.05) is 13.8 Å². The van der Waals surface area contributed by atoms with E-state index < -0.39 is 19.8 Å². The third kappa shape index (κ3) is 5.53. The van der Waals surface area contributed by atoms with Gasteiger partial charge < -0.3 is 5.32 Å². The van der Waals surface area contributed by atoms with Gasteiger partial charge in [-0.2, -0.15) is 0 Å². The first-order valence-corrected chi connectivity index (χ1v) is 11.3. The van der Waals surface area contributed by atoms with Crippen LogP contribution in [0.1, 0.15) is 20.3 Å². The van der Waals surface area contributed by atoms with E-state index in [9.17, 15) is 13.2 Å². The molecule has 2 N–H and O–H groups in total. The molecule has 1 saturated heterocycles. The lowest BCUT2D eigenvalue weighted by Gasteiger charge is -2.29. The monoisotopic (exact) mass is 470 g/mol. The molecule has 0 aromatic heterocycles. The van der Waals surface area contributed by atoms with Gasteiger partial charge in [-0.3, -0.25) is 10.1 Å². The molecule has 0 unspecified atom stereocenters. The van der Waals surface area contributed by atoms with E-state index in [-0.39, 0.29) is 45.2 Å². The molecule has 2 aliphatic rings. The zero-order chi connectivity index (χ0) is 19.2. The lowest BCUT2D eigenvalue weighted by molar-refractivity contribution is -0.124. The first-order chi connectivity index (χ1) is 11.2. The molecule has 1 amide bonds. The molecule has 144 valence electrons. The van der Waals surface area contributed by atoms with Crippen molar-refractivity contribution in [3.8, 4) is 0 Å². The van der Waals surface area contributed by atoms with Crippen LogP contribution in [-0.4, -0.2) is 41.8 Å². The summed E-state index contributed by atoms with van der Waals surface area (Å²) in [6.07, 6.45) is 1.00. The van der Waals surface area contributed by atoms with Crippen LogP contribution in [0.15, 0.2) is 10.6 Å². The summed E-state index contributed by atoms with van der Waals surface area (Å²) < 4.78 is 21.4. The topological polar surface area (TPSA) is 75.3 Å². The third-order valence-electron chi connectivity index (χ3n) is 4.75. The minimum Gasteiger partial charge on any atom is -0.336 e. The van der Waals surface area contributed by atoms with Crippen LogP contribution >= 0.6 is 58.0 Å². The number of amides is 1. The van der Waals surface area contributed by atoms with E-state index in [1.54, 1.807) is 6.08 Å². The fourth-order valence-electron chi connectivity index (χ4n) is 3.24. The molecule has 1 aliphatic heterocycles. The summed E-state index contributed by atoms with van der Waals surface area (Å²) in [5.41, 5.74) is -0.325. The molecular weight excluding hydrogens is 453 g/mol. The maximum atomic E-state index is 12.6. The van der Waals surface area contributed by atoms with Gasteiger partial charge in [0.1, 0.15) is 10.7 Å². The second-order valence-corrected chi connectivity index (χ2v) is 12.6. The summed E-state index contributed by atoms with van der Waals surface area (Å²) >= 11 is 29.3. The van der Waals surface area contributed by atoms with Gasteiger partial charge in [-0.05, 0) is 23.8 Å². The van der Waals surface area contributed by atoms with Gasteiger partial charge in [0.15, 0.2) is 9.84 Å². The van der Waals surface area contributed by atoms with Crippen molar-refractivity contribution in [3.63, 3.8) is 0 Å². The molecular formula is C14H19Cl5N2O3S. The van der Waals surface area contributed by atoms with E-state index in [1.165, 1.54) is 0 Å². The molecule has 11 heteroatoms. The number of rotatable bonds is 5. The minimum absolute atomic E-state index is 0.0533. The van der Waals surface area contributed by atoms with Crippen LogP contribution in [-0.2, 0) is 14.6 Å². The number of carbonyl (C=O) groups excluding carboxylic acids is 1. The van der Waals surface area contributed by atoms with Crippen LogP contribution in [0.5, 0.6) is 0 Å². The molecule has 0 aromatic rings. The van der Waals surface area contributed by atoms with Crippen LogP contribution in [0.4, 0.5) is 0 Å². The predicted molar refractivity (Wildman–Crippen MR) is 103 cm³/mol. The minimum atomic E-state index is -3.10. The lowest BCUT2D eigenvalue weighted by atomic mass is 10.1. The Morgan fingerprint density at radius 1 is 1.28 bits per heavy atom. The van der Waals surface area contributed by atoms with E-state index >= 15 is 0 Å². The Kier molecular flexibility index (Phi) is 6.59. The Morgan fingerprint density at radius 3 is 2.32 bits per heavy atom. The Bertz CT molecular complexity index is 670. The molecule has 4 atom stereocenters. The van der Waals surface area contributed by atoms with E-state index in [0.29, 0.717) is 6.42 Å². The number of hydrogen-bond acceptors (Lipinski definition) is 4. The number of allylic oxidation sites excluding steroid dienone is 1. The molecule has 0 radical (unpaired) electrons. The molecule has 1 heterocycles. The molecule has 5 nitrogen and oxygen atoms in total. The summed E-state index contributed by atoms with van der Waals surface area (Å²) in [6.45, 7) is 3.83. The van der Waals surface area contributed by atoms with Gasteiger partial charge in [0.05, 0.1) is 17.4 Å². The Balaban J connectivity index is 2.06. The van der Waals surface area contributed by atoms with Gasteiger partial charge in [-0.25, -0.2) is 8.42 Å². The maximum Gasteiger partial charge on any atom is 0.225 e. The van der Waals surface area contributed by atoms with Crippen LogP contribution in [0.2, 0.25) is 0 Å². The number of carbonyl (C=O) groups is 1. The maximum absolute atomic E-state index is 12.6. The smallest absolute Gasteiger partial charge is 0.225 e. The second kappa shape index (κ2) is 7.53. The largest absolute Gasteiger partial charge is 0.336 e. The van der Waals surface area contributed by atoms with E-state index in [0.717, 1.165) is 0 Å². The summed E-state index contributed by atoms with van der Waals surface area (Å²) in [6, 6.07) is -0.383. The molecule has 1 saturated carbocycles. The van der Waals surface area contributed by atoms with Crippen molar-refractivity contribution in [2.75, 3.05) is 11.5 Å². The fourth-order valence-corrected chi connectivity index (χ4v) is 5.55. The average Bonchev–Trinajstić information content (AvgIpc) is 2.75.